The number of fused-ring (bicyclic) bond motifs is 1. The Bertz CT molecular complexity index is 948. The van der Waals surface area contributed by atoms with Crippen molar-refractivity contribution < 1.29 is 9.84 Å². The van der Waals surface area contributed by atoms with Gasteiger partial charge >= 0.3 is 0 Å². The second kappa shape index (κ2) is 11.0. The fraction of sp³-hybridized carbons (Fsp3) is 0.346. The second-order valence-corrected chi connectivity index (χ2v) is 8.15. The first-order valence-corrected chi connectivity index (χ1v) is 11.0. The molecule has 5 heteroatoms. The number of β-amino-alcohol motifs (C(OH)–C–C–N with tert-alkyl or cyclic N) is 1. The van der Waals surface area contributed by atoms with Gasteiger partial charge in [-0.2, -0.15) is 0 Å². The molecule has 0 saturated carbocycles. The number of ether oxygens (including phenoxy) is 1. The van der Waals surface area contributed by atoms with Gasteiger partial charge < -0.3 is 15.2 Å². The lowest BCUT2D eigenvalue weighted by molar-refractivity contribution is 0.0637. The highest BCUT2D eigenvalue weighted by Gasteiger charge is 2.18. The third-order valence-corrected chi connectivity index (χ3v) is 5.66. The van der Waals surface area contributed by atoms with Crippen LogP contribution in [0.25, 0.3) is 0 Å². The number of aliphatic hydroxyl groups is 1. The summed E-state index contributed by atoms with van der Waals surface area (Å²) in [5, 5.41) is 13.9. The molecular weight excluding hydrogens is 386 g/mol. The summed E-state index contributed by atoms with van der Waals surface area (Å²) in [4.78, 5) is 6.45. The lowest BCUT2D eigenvalue weighted by Gasteiger charge is -2.30. The zero-order valence-electron chi connectivity index (χ0n) is 17.9. The summed E-state index contributed by atoms with van der Waals surface area (Å²) in [6.07, 6.45) is 5.19. The molecule has 0 saturated heterocycles. The first kappa shape index (κ1) is 21.5. The molecule has 0 spiro atoms. The van der Waals surface area contributed by atoms with Crippen LogP contribution in [0.1, 0.15) is 22.3 Å². The van der Waals surface area contributed by atoms with E-state index in [1.807, 2.05) is 30.5 Å². The summed E-state index contributed by atoms with van der Waals surface area (Å²) in [5.74, 6) is 0.801. The number of hydrogen-bond acceptors (Lipinski definition) is 5. The summed E-state index contributed by atoms with van der Waals surface area (Å²) in [6.45, 7) is 4.49. The Balaban J connectivity index is 1.18. The third kappa shape index (κ3) is 6.62. The number of benzene rings is 2. The average Bonchev–Trinajstić information content (AvgIpc) is 2.81. The van der Waals surface area contributed by atoms with Crippen molar-refractivity contribution in [3.05, 3.63) is 95.3 Å². The Morgan fingerprint density at radius 1 is 1.03 bits per heavy atom. The Kier molecular flexibility index (Phi) is 7.66. The maximum absolute atomic E-state index is 10.5. The van der Waals surface area contributed by atoms with E-state index in [1.165, 1.54) is 22.3 Å². The highest BCUT2D eigenvalue weighted by atomic mass is 16.5. The van der Waals surface area contributed by atoms with Gasteiger partial charge in [0.2, 0.25) is 0 Å². The molecule has 1 aromatic heterocycles. The summed E-state index contributed by atoms with van der Waals surface area (Å²) in [6, 6.07) is 20.7. The number of rotatable bonds is 10. The number of aliphatic hydroxyl groups excluding tert-OH is 1. The molecule has 0 bridgehead atoms. The van der Waals surface area contributed by atoms with E-state index in [0.717, 1.165) is 44.8 Å². The summed E-state index contributed by atoms with van der Waals surface area (Å²) in [5.41, 5.74) is 5.20. The van der Waals surface area contributed by atoms with E-state index in [1.54, 1.807) is 6.20 Å². The topological polar surface area (TPSA) is 57.6 Å². The zero-order chi connectivity index (χ0) is 21.3. The molecule has 0 unspecified atom stereocenters. The van der Waals surface area contributed by atoms with E-state index < -0.39 is 6.10 Å². The summed E-state index contributed by atoms with van der Waals surface area (Å²) >= 11 is 0. The van der Waals surface area contributed by atoms with Crippen molar-refractivity contribution in [2.75, 3.05) is 26.2 Å². The van der Waals surface area contributed by atoms with Crippen LogP contribution in [0.3, 0.4) is 0 Å². The molecule has 3 aromatic rings. The van der Waals surface area contributed by atoms with Gasteiger partial charge in [-0.15, -0.1) is 0 Å². The predicted molar refractivity (Wildman–Crippen MR) is 123 cm³/mol. The van der Waals surface area contributed by atoms with Crippen molar-refractivity contribution in [2.24, 2.45) is 0 Å². The van der Waals surface area contributed by atoms with Crippen molar-refractivity contribution in [3.63, 3.8) is 0 Å². The van der Waals surface area contributed by atoms with Gasteiger partial charge in [0, 0.05) is 38.6 Å². The minimum Gasteiger partial charge on any atom is -0.491 e. The summed E-state index contributed by atoms with van der Waals surface area (Å²) < 4.78 is 5.88. The van der Waals surface area contributed by atoms with Crippen LogP contribution in [0.5, 0.6) is 5.75 Å². The third-order valence-electron chi connectivity index (χ3n) is 5.66. The normalized spacial score (nSPS) is 14.7. The van der Waals surface area contributed by atoms with Crippen LogP contribution in [0.4, 0.5) is 0 Å². The maximum atomic E-state index is 10.5. The Labute approximate surface area is 184 Å². The molecule has 2 N–H and O–H groups in total. The summed E-state index contributed by atoms with van der Waals surface area (Å²) in [7, 11) is 0. The average molecular weight is 418 g/mol. The largest absolute Gasteiger partial charge is 0.491 e. The maximum Gasteiger partial charge on any atom is 0.119 e. The smallest absolute Gasteiger partial charge is 0.119 e. The molecule has 0 fully saturated rings. The van der Waals surface area contributed by atoms with E-state index in [9.17, 15) is 5.11 Å². The van der Waals surface area contributed by atoms with Crippen LogP contribution in [-0.2, 0) is 25.9 Å². The molecule has 0 aliphatic carbocycles. The molecule has 0 amide bonds. The SMILES string of the molecule is O[C@H](COc1cccc(CNCCc2cccnc2)c1)CN1CCc2ccccc2C1. The molecule has 5 nitrogen and oxygen atoms in total. The molecule has 1 atom stereocenters. The minimum absolute atomic E-state index is 0.302. The highest BCUT2D eigenvalue weighted by Crippen LogP contribution is 2.19. The number of pyridine rings is 1. The molecule has 4 rings (SSSR count). The first-order valence-electron chi connectivity index (χ1n) is 11.0. The first-order chi connectivity index (χ1) is 15.3. The zero-order valence-corrected chi connectivity index (χ0v) is 17.9. The number of hydrogen-bond donors (Lipinski definition) is 2. The van der Waals surface area contributed by atoms with Gasteiger partial charge in [-0.05, 0) is 59.8 Å². The molecule has 2 heterocycles. The Morgan fingerprint density at radius 3 is 2.77 bits per heavy atom. The van der Waals surface area contributed by atoms with Gasteiger partial charge in [-0.3, -0.25) is 9.88 Å². The van der Waals surface area contributed by atoms with E-state index in [2.05, 4.69) is 51.6 Å². The van der Waals surface area contributed by atoms with Crippen molar-refractivity contribution >= 4 is 0 Å². The lowest BCUT2D eigenvalue weighted by Crippen LogP contribution is -2.38. The lowest BCUT2D eigenvalue weighted by atomic mass is 10.00. The van der Waals surface area contributed by atoms with Crippen molar-refractivity contribution in [1.29, 1.82) is 0 Å². The Morgan fingerprint density at radius 2 is 1.90 bits per heavy atom. The van der Waals surface area contributed by atoms with Gasteiger partial charge in [0.15, 0.2) is 0 Å². The van der Waals surface area contributed by atoms with Crippen molar-refractivity contribution in [2.45, 2.75) is 32.0 Å². The standard InChI is InChI=1S/C26H31N3O2/c30-25(19-29-14-11-23-7-1-2-8-24(23)18-29)20-31-26-9-3-5-22(15-26)17-28-13-10-21-6-4-12-27-16-21/h1-9,12,15-16,25,28,30H,10-11,13-14,17-20H2/t25-/m0/s1. The second-order valence-electron chi connectivity index (χ2n) is 8.15. The number of aromatic nitrogens is 1. The van der Waals surface area contributed by atoms with Gasteiger partial charge in [0.05, 0.1) is 0 Å². The van der Waals surface area contributed by atoms with Crippen LogP contribution < -0.4 is 10.1 Å². The van der Waals surface area contributed by atoms with Crippen LogP contribution in [-0.4, -0.2) is 47.3 Å². The van der Waals surface area contributed by atoms with Crippen molar-refractivity contribution in [3.8, 4) is 5.75 Å². The van der Waals surface area contributed by atoms with E-state index in [0.29, 0.717) is 13.2 Å². The Hall–Kier alpha value is -2.73. The number of nitrogens with one attached hydrogen (secondary N) is 1. The van der Waals surface area contributed by atoms with Gasteiger partial charge in [0.25, 0.3) is 0 Å². The van der Waals surface area contributed by atoms with Crippen molar-refractivity contribution in [1.82, 2.24) is 15.2 Å². The highest BCUT2D eigenvalue weighted by molar-refractivity contribution is 5.29. The molecule has 162 valence electrons. The van der Waals surface area contributed by atoms with E-state index in [-0.39, 0.29) is 0 Å². The fourth-order valence-corrected chi connectivity index (χ4v) is 4.01. The fourth-order valence-electron chi connectivity index (χ4n) is 4.01. The predicted octanol–water partition coefficient (Wildman–Crippen LogP) is 3.21. The van der Waals surface area contributed by atoms with Gasteiger partial charge in [-0.25, -0.2) is 0 Å². The molecule has 1 aliphatic rings. The van der Waals surface area contributed by atoms with Crippen LogP contribution in [0, 0.1) is 0 Å². The monoisotopic (exact) mass is 417 g/mol. The van der Waals surface area contributed by atoms with E-state index in [4.69, 9.17) is 4.74 Å². The van der Waals surface area contributed by atoms with Crippen LogP contribution in [0.15, 0.2) is 73.1 Å². The molecule has 31 heavy (non-hydrogen) atoms. The van der Waals surface area contributed by atoms with E-state index >= 15 is 0 Å². The molecule has 1 aliphatic heterocycles. The molecule has 2 aromatic carbocycles. The van der Waals surface area contributed by atoms with Crippen LogP contribution in [0.2, 0.25) is 0 Å². The quantitative estimate of drug-likeness (QED) is 0.496. The van der Waals surface area contributed by atoms with Gasteiger partial charge in [0.1, 0.15) is 18.5 Å². The van der Waals surface area contributed by atoms with Crippen LogP contribution >= 0.6 is 0 Å². The number of nitrogens with zero attached hydrogens (tertiary/aromatic N) is 2. The van der Waals surface area contributed by atoms with Gasteiger partial charge in [-0.1, -0.05) is 42.5 Å². The molecule has 0 radical (unpaired) electrons. The minimum atomic E-state index is -0.508. The molecular formula is C26H31N3O2.